The van der Waals surface area contributed by atoms with Crippen LogP contribution in [0.5, 0.6) is 0 Å². The van der Waals surface area contributed by atoms with Crippen molar-refractivity contribution in [3.63, 3.8) is 0 Å². The van der Waals surface area contributed by atoms with E-state index in [4.69, 9.17) is 0 Å². The lowest BCUT2D eigenvalue weighted by Gasteiger charge is -2.06. The van der Waals surface area contributed by atoms with Gasteiger partial charge in [-0.15, -0.1) is 0 Å². The molecule has 3 aromatic rings. The van der Waals surface area contributed by atoms with Gasteiger partial charge in [0.05, 0.1) is 6.54 Å². The lowest BCUT2D eigenvalue weighted by Crippen LogP contribution is -2.13. The zero-order valence-electron chi connectivity index (χ0n) is 12.5. The van der Waals surface area contributed by atoms with Crippen molar-refractivity contribution in [2.24, 2.45) is 7.05 Å². The molecule has 6 heteroatoms. The number of aromatic nitrogens is 4. The SMILES string of the molecule is Cc1cc(C(=O)Nc2cccc(Cn3cccn3)c2)nn1C. The molecule has 2 aromatic heterocycles. The highest BCUT2D eigenvalue weighted by Gasteiger charge is 2.11. The van der Waals surface area contributed by atoms with Crippen molar-refractivity contribution in [3.05, 3.63) is 65.7 Å². The number of hydrogen-bond donors (Lipinski definition) is 1. The normalized spacial score (nSPS) is 10.6. The van der Waals surface area contributed by atoms with Crippen molar-refractivity contribution in [1.29, 1.82) is 0 Å². The first-order chi connectivity index (χ1) is 10.6. The van der Waals surface area contributed by atoms with Gasteiger partial charge < -0.3 is 5.32 Å². The maximum atomic E-state index is 12.2. The van der Waals surface area contributed by atoms with Crippen molar-refractivity contribution >= 4 is 11.6 Å². The Morgan fingerprint density at radius 1 is 1.27 bits per heavy atom. The van der Waals surface area contributed by atoms with Crippen molar-refractivity contribution in [2.75, 3.05) is 5.32 Å². The van der Waals surface area contributed by atoms with Crippen LogP contribution in [-0.4, -0.2) is 25.5 Å². The number of anilines is 1. The van der Waals surface area contributed by atoms with Gasteiger partial charge in [0.1, 0.15) is 0 Å². The number of nitrogens with one attached hydrogen (secondary N) is 1. The van der Waals surface area contributed by atoms with Crippen LogP contribution in [0.1, 0.15) is 21.7 Å². The molecule has 0 aliphatic rings. The van der Waals surface area contributed by atoms with Crippen molar-refractivity contribution < 1.29 is 4.79 Å². The van der Waals surface area contributed by atoms with Gasteiger partial charge in [0.25, 0.3) is 5.91 Å². The third kappa shape index (κ3) is 3.06. The highest BCUT2D eigenvalue weighted by molar-refractivity contribution is 6.02. The standard InChI is InChI=1S/C16H17N5O/c1-12-9-15(19-20(12)2)16(22)18-14-6-3-5-13(10-14)11-21-8-4-7-17-21/h3-10H,11H2,1-2H3,(H,18,22). The zero-order chi connectivity index (χ0) is 15.5. The zero-order valence-corrected chi connectivity index (χ0v) is 12.5. The summed E-state index contributed by atoms with van der Waals surface area (Å²) in [4.78, 5) is 12.2. The molecular formula is C16H17N5O. The van der Waals surface area contributed by atoms with E-state index >= 15 is 0 Å². The predicted molar refractivity (Wildman–Crippen MR) is 83.7 cm³/mol. The largest absolute Gasteiger partial charge is 0.321 e. The van der Waals surface area contributed by atoms with Gasteiger partial charge in [-0.3, -0.25) is 14.2 Å². The molecule has 1 amide bonds. The smallest absolute Gasteiger partial charge is 0.276 e. The summed E-state index contributed by atoms with van der Waals surface area (Å²) in [6.07, 6.45) is 3.65. The molecule has 6 nitrogen and oxygen atoms in total. The van der Waals surface area contributed by atoms with Crippen LogP contribution in [0.25, 0.3) is 0 Å². The van der Waals surface area contributed by atoms with E-state index in [0.29, 0.717) is 12.2 Å². The molecule has 0 fully saturated rings. The molecule has 0 aliphatic heterocycles. The Morgan fingerprint density at radius 2 is 2.14 bits per heavy atom. The number of aryl methyl sites for hydroxylation is 2. The Bertz CT molecular complexity index is 769. The molecule has 1 aromatic carbocycles. The summed E-state index contributed by atoms with van der Waals surface area (Å²) in [5, 5.41) is 11.2. The molecular weight excluding hydrogens is 278 g/mol. The fourth-order valence-electron chi connectivity index (χ4n) is 2.20. The van der Waals surface area contributed by atoms with Gasteiger partial charge in [0, 0.05) is 30.8 Å². The number of nitrogens with zero attached hydrogens (tertiary/aromatic N) is 4. The average molecular weight is 295 g/mol. The highest BCUT2D eigenvalue weighted by Crippen LogP contribution is 2.13. The summed E-state index contributed by atoms with van der Waals surface area (Å²) >= 11 is 0. The third-order valence-corrected chi connectivity index (χ3v) is 3.44. The van der Waals surface area contributed by atoms with Gasteiger partial charge >= 0.3 is 0 Å². The Balaban J connectivity index is 1.73. The molecule has 0 atom stereocenters. The molecule has 0 aliphatic carbocycles. The fraction of sp³-hybridized carbons (Fsp3) is 0.188. The first kappa shape index (κ1) is 14.1. The summed E-state index contributed by atoms with van der Waals surface area (Å²) in [7, 11) is 1.82. The van der Waals surface area contributed by atoms with Crippen LogP contribution in [-0.2, 0) is 13.6 Å². The van der Waals surface area contributed by atoms with E-state index in [1.165, 1.54) is 0 Å². The van der Waals surface area contributed by atoms with Gasteiger partial charge in [-0.25, -0.2) is 0 Å². The van der Waals surface area contributed by atoms with E-state index in [1.807, 2.05) is 55.2 Å². The van der Waals surface area contributed by atoms with E-state index < -0.39 is 0 Å². The monoisotopic (exact) mass is 295 g/mol. The fourth-order valence-corrected chi connectivity index (χ4v) is 2.20. The van der Waals surface area contributed by atoms with Gasteiger partial charge in [-0.1, -0.05) is 12.1 Å². The summed E-state index contributed by atoms with van der Waals surface area (Å²) in [5.41, 5.74) is 3.17. The van der Waals surface area contributed by atoms with Crippen LogP contribution in [0.2, 0.25) is 0 Å². The molecule has 2 heterocycles. The summed E-state index contributed by atoms with van der Waals surface area (Å²) < 4.78 is 3.52. The molecule has 22 heavy (non-hydrogen) atoms. The third-order valence-electron chi connectivity index (χ3n) is 3.44. The van der Waals surface area contributed by atoms with Crippen molar-refractivity contribution in [3.8, 4) is 0 Å². The molecule has 0 unspecified atom stereocenters. The van der Waals surface area contributed by atoms with Gasteiger partial charge in [0.15, 0.2) is 5.69 Å². The highest BCUT2D eigenvalue weighted by atomic mass is 16.1. The summed E-state index contributed by atoms with van der Waals surface area (Å²) in [6.45, 7) is 2.58. The number of carbonyl (C=O) groups is 1. The second-order valence-corrected chi connectivity index (χ2v) is 5.15. The minimum atomic E-state index is -0.208. The molecule has 3 rings (SSSR count). The van der Waals surface area contributed by atoms with Crippen LogP contribution in [0.3, 0.4) is 0 Å². The Hall–Kier alpha value is -2.89. The van der Waals surface area contributed by atoms with Crippen LogP contribution in [0.4, 0.5) is 5.69 Å². The topological polar surface area (TPSA) is 64.7 Å². The Labute approximate surface area is 128 Å². The number of carbonyl (C=O) groups excluding carboxylic acids is 1. The first-order valence-electron chi connectivity index (χ1n) is 7.00. The Kier molecular flexibility index (Phi) is 3.74. The van der Waals surface area contributed by atoms with Crippen molar-refractivity contribution in [2.45, 2.75) is 13.5 Å². The maximum Gasteiger partial charge on any atom is 0.276 e. The van der Waals surface area contributed by atoms with Crippen LogP contribution in [0, 0.1) is 6.92 Å². The van der Waals surface area contributed by atoms with E-state index in [-0.39, 0.29) is 5.91 Å². The van der Waals surface area contributed by atoms with E-state index in [0.717, 1.165) is 16.9 Å². The lowest BCUT2D eigenvalue weighted by molar-refractivity contribution is 0.102. The second kappa shape index (κ2) is 5.85. The predicted octanol–water partition coefficient (Wildman–Crippen LogP) is 2.23. The number of hydrogen-bond acceptors (Lipinski definition) is 3. The van der Waals surface area contributed by atoms with Gasteiger partial charge in [-0.05, 0) is 36.8 Å². The minimum Gasteiger partial charge on any atom is -0.321 e. The second-order valence-electron chi connectivity index (χ2n) is 5.15. The molecule has 0 spiro atoms. The first-order valence-corrected chi connectivity index (χ1v) is 7.00. The number of benzene rings is 1. The van der Waals surface area contributed by atoms with Gasteiger partial charge in [0.2, 0.25) is 0 Å². The lowest BCUT2D eigenvalue weighted by atomic mass is 10.2. The molecule has 1 N–H and O–H groups in total. The van der Waals surface area contributed by atoms with E-state index in [1.54, 1.807) is 16.9 Å². The average Bonchev–Trinajstić information content (AvgIpc) is 3.10. The Morgan fingerprint density at radius 3 is 2.82 bits per heavy atom. The van der Waals surface area contributed by atoms with Gasteiger partial charge in [-0.2, -0.15) is 10.2 Å². The molecule has 112 valence electrons. The number of rotatable bonds is 4. The quantitative estimate of drug-likeness (QED) is 0.802. The van der Waals surface area contributed by atoms with Crippen LogP contribution < -0.4 is 5.32 Å². The number of amides is 1. The van der Waals surface area contributed by atoms with Crippen molar-refractivity contribution in [1.82, 2.24) is 19.6 Å². The van der Waals surface area contributed by atoms with E-state index in [9.17, 15) is 4.79 Å². The maximum absolute atomic E-state index is 12.2. The van der Waals surface area contributed by atoms with Crippen LogP contribution >= 0.6 is 0 Å². The molecule has 0 saturated heterocycles. The summed E-state index contributed by atoms with van der Waals surface area (Å²) in [6, 6.07) is 11.4. The van der Waals surface area contributed by atoms with E-state index in [2.05, 4.69) is 15.5 Å². The molecule has 0 bridgehead atoms. The molecule has 0 radical (unpaired) electrons. The molecule has 0 saturated carbocycles. The summed E-state index contributed by atoms with van der Waals surface area (Å²) in [5.74, 6) is -0.208. The minimum absolute atomic E-state index is 0.208. The van der Waals surface area contributed by atoms with Crippen LogP contribution in [0.15, 0.2) is 48.8 Å².